The van der Waals surface area contributed by atoms with Gasteiger partial charge in [-0.25, -0.2) is 4.79 Å². The highest BCUT2D eigenvalue weighted by atomic mass is 19.4. The Labute approximate surface area is 146 Å². The highest BCUT2D eigenvalue weighted by molar-refractivity contribution is 5.74. The van der Waals surface area contributed by atoms with E-state index in [0.717, 1.165) is 6.42 Å². The summed E-state index contributed by atoms with van der Waals surface area (Å²) in [5, 5.41) is 15.0. The minimum atomic E-state index is -4.19. The standard InChI is InChI=1S/C15H29F3N6O/c1-9-7-12(20-6-5-19)23-13(21-9)24-14(25)22-11-4-2-3-10(8-11)15(16,17)18/h9-13,20-21,23H,2-8,19H2,1H3,(H2,22,24,25). The monoisotopic (exact) mass is 366 g/mol. The summed E-state index contributed by atoms with van der Waals surface area (Å²) in [6.45, 7) is 3.17. The van der Waals surface area contributed by atoms with Crippen LogP contribution in [0.3, 0.4) is 0 Å². The molecule has 0 bridgehead atoms. The number of alkyl halides is 3. The first-order valence-corrected chi connectivity index (χ1v) is 8.87. The molecule has 0 aromatic carbocycles. The first kappa shape index (κ1) is 20.2. The molecule has 25 heavy (non-hydrogen) atoms. The van der Waals surface area contributed by atoms with E-state index in [0.29, 0.717) is 25.9 Å². The fraction of sp³-hybridized carbons (Fsp3) is 0.933. The maximum absolute atomic E-state index is 12.8. The molecule has 0 spiro atoms. The first-order valence-electron chi connectivity index (χ1n) is 8.87. The second-order valence-corrected chi connectivity index (χ2v) is 6.92. The molecule has 1 aliphatic carbocycles. The molecule has 1 saturated heterocycles. The summed E-state index contributed by atoms with van der Waals surface area (Å²) >= 11 is 0. The molecule has 2 rings (SSSR count). The molecule has 2 amide bonds. The van der Waals surface area contributed by atoms with E-state index in [9.17, 15) is 18.0 Å². The van der Waals surface area contributed by atoms with Crippen molar-refractivity contribution < 1.29 is 18.0 Å². The summed E-state index contributed by atoms with van der Waals surface area (Å²) in [4.78, 5) is 12.1. The number of carbonyl (C=O) groups excluding carboxylic acids is 1. The molecule has 2 aliphatic rings. The normalized spacial score (nSPS) is 33.7. The lowest BCUT2D eigenvalue weighted by Gasteiger charge is -2.37. The van der Waals surface area contributed by atoms with Crippen LogP contribution in [0.2, 0.25) is 0 Å². The lowest BCUT2D eigenvalue weighted by atomic mass is 9.85. The summed E-state index contributed by atoms with van der Waals surface area (Å²) in [5.41, 5.74) is 5.48. The second-order valence-electron chi connectivity index (χ2n) is 6.92. The van der Waals surface area contributed by atoms with E-state index >= 15 is 0 Å². The molecule has 146 valence electrons. The Morgan fingerprint density at radius 1 is 1.20 bits per heavy atom. The molecular weight excluding hydrogens is 337 g/mol. The van der Waals surface area contributed by atoms with Gasteiger partial charge in [0, 0.05) is 25.2 Å². The topological polar surface area (TPSA) is 103 Å². The van der Waals surface area contributed by atoms with Gasteiger partial charge in [0.25, 0.3) is 0 Å². The zero-order valence-corrected chi connectivity index (χ0v) is 14.5. The molecule has 10 heteroatoms. The largest absolute Gasteiger partial charge is 0.391 e. The third kappa shape index (κ3) is 6.61. The third-order valence-corrected chi connectivity index (χ3v) is 4.69. The zero-order valence-electron chi connectivity index (χ0n) is 14.5. The third-order valence-electron chi connectivity index (χ3n) is 4.69. The summed E-state index contributed by atoms with van der Waals surface area (Å²) in [6.07, 6.45) is -2.69. The Bertz CT molecular complexity index is 436. The Balaban J connectivity index is 1.79. The van der Waals surface area contributed by atoms with Crippen LogP contribution in [0.5, 0.6) is 0 Å². The summed E-state index contributed by atoms with van der Waals surface area (Å²) in [5.74, 6) is -1.33. The average Bonchev–Trinajstić information content (AvgIpc) is 2.51. The number of halogens is 3. The van der Waals surface area contributed by atoms with Crippen LogP contribution in [0.25, 0.3) is 0 Å². The quantitative estimate of drug-likeness (QED) is 0.426. The second kappa shape index (κ2) is 9.02. The smallest absolute Gasteiger partial charge is 0.335 e. The van der Waals surface area contributed by atoms with Crippen LogP contribution >= 0.6 is 0 Å². The molecule has 7 N–H and O–H groups in total. The predicted molar refractivity (Wildman–Crippen MR) is 88.5 cm³/mol. The maximum Gasteiger partial charge on any atom is 0.391 e. The van der Waals surface area contributed by atoms with Gasteiger partial charge in [0.05, 0.1) is 12.1 Å². The van der Waals surface area contributed by atoms with E-state index in [4.69, 9.17) is 5.73 Å². The van der Waals surface area contributed by atoms with Crippen molar-refractivity contribution >= 4 is 6.03 Å². The Morgan fingerprint density at radius 2 is 1.96 bits per heavy atom. The fourth-order valence-electron chi connectivity index (χ4n) is 3.48. The van der Waals surface area contributed by atoms with Crippen LogP contribution in [-0.4, -0.2) is 49.8 Å². The number of carbonyl (C=O) groups is 1. The van der Waals surface area contributed by atoms with Gasteiger partial charge < -0.3 is 21.7 Å². The number of nitrogens with one attached hydrogen (secondary N) is 5. The molecule has 2 fully saturated rings. The molecular formula is C15H29F3N6O. The number of nitrogens with two attached hydrogens (primary N) is 1. The van der Waals surface area contributed by atoms with Crippen LogP contribution in [-0.2, 0) is 0 Å². The van der Waals surface area contributed by atoms with Crippen molar-refractivity contribution in [3.05, 3.63) is 0 Å². The van der Waals surface area contributed by atoms with Gasteiger partial charge in [-0.1, -0.05) is 6.42 Å². The van der Waals surface area contributed by atoms with Gasteiger partial charge in [-0.2, -0.15) is 13.2 Å². The van der Waals surface area contributed by atoms with Crippen molar-refractivity contribution in [1.82, 2.24) is 26.6 Å². The zero-order chi connectivity index (χ0) is 18.4. The first-order chi connectivity index (χ1) is 11.8. The van der Waals surface area contributed by atoms with E-state index in [2.05, 4.69) is 26.6 Å². The van der Waals surface area contributed by atoms with Gasteiger partial charge in [-0.15, -0.1) is 0 Å². The van der Waals surface area contributed by atoms with E-state index in [1.54, 1.807) is 0 Å². The number of hydrogen-bond donors (Lipinski definition) is 6. The SMILES string of the molecule is CC1CC(NCCN)NC(NC(=O)NC2CCCC(C(F)(F)F)C2)N1. The van der Waals surface area contributed by atoms with Gasteiger partial charge in [0.15, 0.2) is 0 Å². The molecule has 0 aromatic heterocycles. The van der Waals surface area contributed by atoms with E-state index in [-0.39, 0.29) is 25.0 Å². The minimum absolute atomic E-state index is 0.00869. The van der Waals surface area contributed by atoms with E-state index in [1.165, 1.54) is 0 Å². The van der Waals surface area contributed by atoms with Gasteiger partial charge in [-0.05, 0) is 32.6 Å². The van der Waals surface area contributed by atoms with Crippen LogP contribution in [0.4, 0.5) is 18.0 Å². The molecule has 5 unspecified atom stereocenters. The molecule has 1 aliphatic heterocycles. The number of hydrogen-bond acceptors (Lipinski definition) is 5. The van der Waals surface area contributed by atoms with Crippen LogP contribution in [0.1, 0.15) is 39.0 Å². The minimum Gasteiger partial charge on any atom is -0.335 e. The van der Waals surface area contributed by atoms with Crippen molar-refractivity contribution in [1.29, 1.82) is 0 Å². The Morgan fingerprint density at radius 3 is 2.64 bits per heavy atom. The molecule has 1 heterocycles. The Hall–Kier alpha value is -1.10. The highest BCUT2D eigenvalue weighted by Gasteiger charge is 2.42. The van der Waals surface area contributed by atoms with Crippen LogP contribution in [0.15, 0.2) is 0 Å². The van der Waals surface area contributed by atoms with Crippen molar-refractivity contribution in [3.63, 3.8) is 0 Å². The highest BCUT2D eigenvalue weighted by Crippen LogP contribution is 2.37. The number of urea groups is 1. The molecule has 5 atom stereocenters. The predicted octanol–water partition coefficient (Wildman–Crippen LogP) is 0.536. The van der Waals surface area contributed by atoms with Crippen molar-refractivity contribution in [2.75, 3.05) is 13.1 Å². The van der Waals surface area contributed by atoms with Gasteiger partial charge >= 0.3 is 12.2 Å². The van der Waals surface area contributed by atoms with Crippen LogP contribution in [0, 0.1) is 5.92 Å². The average molecular weight is 366 g/mol. The van der Waals surface area contributed by atoms with Gasteiger partial charge in [-0.3, -0.25) is 10.6 Å². The lowest BCUT2D eigenvalue weighted by Crippen LogP contribution is -2.68. The van der Waals surface area contributed by atoms with Gasteiger partial charge in [0.2, 0.25) is 0 Å². The van der Waals surface area contributed by atoms with Crippen molar-refractivity contribution in [3.8, 4) is 0 Å². The van der Waals surface area contributed by atoms with Crippen molar-refractivity contribution in [2.45, 2.75) is 69.7 Å². The Kier molecular flexibility index (Phi) is 7.29. The lowest BCUT2D eigenvalue weighted by molar-refractivity contribution is -0.183. The molecule has 7 nitrogen and oxygen atoms in total. The van der Waals surface area contributed by atoms with Gasteiger partial charge in [0.1, 0.15) is 6.29 Å². The number of amides is 2. The van der Waals surface area contributed by atoms with Crippen molar-refractivity contribution in [2.24, 2.45) is 11.7 Å². The summed E-state index contributed by atoms with van der Waals surface area (Å²) < 4.78 is 38.5. The van der Waals surface area contributed by atoms with E-state index in [1.807, 2.05) is 6.92 Å². The fourth-order valence-corrected chi connectivity index (χ4v) is 3.48. The molecule has 0 aromatic rings. The summed E-state index contributed by atoms with van der Waals surface area (Å²) in [7, 11) is 0. The molecule has 0 radical (unpaired) electrons. The number of rotatable bonds is 5. The van der Waals surface area contributed by atoms with Crippen LogP contribution < -0.4 is 32.3 Å². The summed E-state index contributed by atoms with van der Waals surface area (Å²) in [6, 6.07) is -0.747. The maximum atomic E-state index is 12.8. The molecule has 1 saturated carbocycles. The van der Waals surface area contributed by atoms with E-state index < -0.39 is 30.5 Å².